The number of amides is 2. The van der Waals surface area contributed by atoms with Crippen molar-refractivity contribution in [1.29, 1.82) is 0 Å². The fourth-order valence-electron chi connectivity index (χ4n) is 4.81. The fourth-order valence-corrected chi connectivity index (χ4v) is 4.81. The molecule has 2 amide bonds. The van der Waals surface area contributed by atoms with Crippen molar-refractivity contribution in [3.05, 3.63) is 137 Å². The minimum Gasteiger partial charge on any atom is -0.489 e. The summed E-state index contributed by atoms with van der Waals surface area (Å²) in [7, 11) is 0. The maximum atomic E-state index is 13.7. The molecule has 1 heterocycles. The van der Waals surface area contributed by atoms with Gasteiger partial charge in [-0.05, 0) is 46.9 Å². The molecule has 186 valence electrons. The molecule has 0 bridgehead atoms. The molecule has 0 saturated carbocycles. The molecule has 0 radical (unpaired) electrons. The summed E-state index contributed by atoms with van der Waals surface area (Å²) in [5.74, 6) is 0.222. The molecule has 4 aromatic carbocycles. The second kappa shape index (κ2) is 11.1. The lowest BCUT2D eigenvalue weighted by atomic mass is 9.85. The number of hydrogen-bond donors (Lipinski definition) is 0. The Labute approximate surface area is 217 Å². The molecule has 1 aliphatic heterocycles. The topological polar surface area (TPSA) is 55.8 Å². The predicted molar refractivity (Wildman–Crippen MR) is 142 cm³/mol. The van der Waals surface area contributed by atoms with E-state index in [1.165, 1.54) is 4.90 Å². The maximum absolute atomic E-state index is 13.7. The van der Waals surface area contributed by atoms with Crippen molar-refractivity contribution in [3.63, 3.8) is 0 Å². The van der Waals surface area contributed by atoms with Gasteiger partial charge in [-0.3, -0.25) is 4.79 Å². The summed E-state index contributed by atoms with van der Waals surface area (Å²) in [6.07, 6.45) is -0.465. The zero-order chi connectivity index (χ0) is 25.6. The van der Waals surface area contributed by atoms with Crippen LogP contribution >= 0.6 is 0 Å². The number of carbonyl (C=O) groups excluding carboxylic acids is 2. The second-order valence-corrected chi connectivity index (χ2v) is 9.23. The Bertz CT molecular complexity index is 1360. The molecule has 5 nitrogen and oxygen atoms in total. The van der Waals surface area contributed by atoms with Gasteiger partial charge in [0.1, 0.15) is 25.0 Å². The summed E-state index contributed by atoms with van der Waals surface area (Å²) in [6.45, 7) is 2.65. The zero-order valence-electron chi connectivity index (χ0n) is 20.7. The van der Waals surface area contributed by atoms with Crippen LogP contribution in [-0.4, -0.2) is 23.5 Å². The third kappa shape index (κ3) is 5.56. The van der Waals surface area contributed by atoms with E-state index < -0.39 is 12.1 Å². The Morgan fingerprint density at radius 3 is 2.27 bits per heavy atom. The third-order valence-electron chi connectivity index (χ3n) is 6.78. The maximum Gasteiger partial charge on any atom is 0.417 e. The van der Waals surface area contributed by atoms with Gasteiger partial charge in [0.2, 0.25) is 5.91 Å². The highest BCUT2D eigenvalue weighted by atomic mass is 16.6. The van der Waals surface area contributed by atoms with E-state index in [2.05, 4.69) is 0 Å². The molecule has 37 heavy (non-hydrogen) atoms. The molecule has 0 aliphatic carbocycles. The van der Waals surface area contributed by atoms with E-state index in [0.29, 0.717) is 6.61 Å². The molecular weight excluding hydrogens is 462 g/mol. The predicted octanol–water partition coefficient (Wildman–Crippen LogP) is 6.82. The third-order valence-corrected chi connectivity index (χ3v) is 6.78. The largest absolute Gasteiger partial charge is 0.489 e. The van der Waals surface area contributed by atoms with Crippen LogP contribution in [0.1, 0.15) is 46.2 Å². The molecule has 0 N–H and O–H groups in total. The number of aryl methyl sites for hydroxylation is 1. The lowest BCUT2D eigenvalue weighted by molar-refractivity contribution is -0.129. The SMILES string of the molecule is Cc1ccc(OCc2ccccc2)cc1[C@H](CC(=O)N1C(=O)OC[C@H]1c1ccccc1)c1ccccc1. The van der Waals surface area contributed by atoms with Crippen molar-refractivity contribution in [1.82, 2.24) is 4.90 Å². The van der Waals surface area contributed by atoms with E-state index in [1.54, 1.807) is 0 Å². The Kier molecular flexibility index (Phi) is 7.31. The number of rotatable bonds is 8. The smallest absolute Gasteiger partial charge is 0.417 e. The van der Waals surface area contributed by atoms with Crippen LogP contribution in [0.4, 0.5) is 4.79 Å². The fraction of sp³-hybridized carbons (Fsp3) is 0.188. The Morgan fingerprint density at radius 2 is 1.57 bits per heavy atom. The highest BCUT2D eigenvalue weighted by Gasteiger charge is 2.39. The summed E-state index contributed by atoms with van der Waals surface area (Å²) in [6, 6.07) is 35.0. The van der Waals surface area contributed by atoms with Crippen molar-refractivity contribution in [2.24, 2.45) is 0 Å². The van der Waals surface area contributed by atoms with Gasteiger partial charge in [0.15, 0.2) is 0 Å². The summed E-state index contributed by atoms with van der Waals surface area (Å²) < 4.78 is 11.4. The first-order valence-electron chi connectivity index (χ1n) is 12.5. The number of nitrogens with zero attached hydrogens (tertiary/aromatic N) is 1. The van der Waals surface area contributed by atoms with E-state index in [-0.39, 0.29) is 24.9 Å². The molecule has 0 spiro atoms. The van der Waals surface area contributed by atoms with Crippen LogP contribution in [0.2, 0.25) is 0 Å². The van der Waals surface area contributed by atoms with Gasteiger partial charge in [-0.15, -0.1) is 0 Å². The number of cyclic esters (lactones) is 1. The standard InChI is InChI=1S/C32H29NO4/c1-23-17-18-27(36-21-24-11-5-2-6-12-24)19-28(23)29(25-13-7-3-8-14-25)20-31(34)33-30(22-37-32(33)35)26-15-9-4-10-16-26/h2-19,29-30H,20-22H2,1H3/t29-,30+/m1/s1. The highest BCUT2D eigenvalue weighted by Crippen LogP contribution is 2.36. The van der Waals surface area contributed by atoms with E-state index in [9.17, 15) is 9.59 Å². The van der Waals surface area contributed by atoms with E-state index in [0.717, 1.165) is 33.6 Å². The van der Waals surface area contributed by atoms with Gasteiger partial charge >= 0.3 is 6.09 Å². The molecule has 5 heteroatoms. The Balaban J connectivity index is 1.43. The van der Waals surface area contributed by atoms with E-state index in [1.807, 2.05) is 116 Å². The Hall–Kier alpha value is -4.38. The van der Waals surface area contributed by atoms with Crippen LogP contribution in [0.5, 0.6) is 5.75 Å². The van der Waals surface area contributed by atoms with E-state index in [4.69, 9.17) is 9.47 Å². The number of hydrogen-bond acceptors (Lipinski definition) is 4. The molecular formula is C32H29NO4. The van der Waals surface area contributed by atoms with Gasteiger partial charge in [-0.2, -0.15) is 0 Å². The Morgan fingerprint density at radius 1 is 0.919 bits per heavy atom. The van der Waals surface area contributed by atoms with Crippen molar-refractivity contribution < 1.29 is 19.1 Å². The van der Waals surface area contributed by atoms with Crippen molar-refractivity contribution in [2.75, 3.05) is 6.61 Å². The van der Waals surface area contributed by atoms with Crippen LogP contribution in [0.15, 0.2) is 109 Å². The molecule has 0 unspecified atom stereocenters. The van der Waals surface area contributed by atoms with Crippen LogP contribution in [0.25, 0.3) is 0 Å². The van der Waals surface area contributed by atoms with Crippen LogP contribution in [0.3, 0.4) is 0 Å². The average molecular weight is 492 g/mol. The van der Waals surface area contributed by atoms with Crippen LogP contribution in [-0.2, 0) is 16.1 Å². The lowest BCUT2D eigenvalue weighted by Crippen LogP contribution is -2.35. The summed E-state index contributed by atoms with van der Waals surface area (Å²) in [5, 5.41) is 0. The van der Waals surface area contributed by atoms with Gasteiger partial charge in [-0.1, -0.05) is 97.1 Å². The van der Waals surface area contributed by atoms with Crippen molar-refractivity contribution in [2.45, 2.75) is 31.9 Å². The number of imide groups is 1. The van der Waals surface area contributed by atoms with Crippen molar-refractivity contribution >= 4 is 12.0 Å². The van der Waals surface area contributed by atoms with Gasteiger partial charge < -0.3 is 9.47 Å². The van der Waals surface area contributed by atoms with Crippen molar-refractivity contribution in [3.8, 4) is 5.75 Å². The number of ether oxygens (including phenoxy) is 2. The second-order valence-electron chi connectivity index (χ2n) is 9.23. The van der Waals surface area contributed by atoms with Gasteiger partial charge in [0, 0.05) is 12.3 Å². The lowest BCUT2D eigenvalue weighted by Gasteiger charge is -2.25. The first-order chi connectivity index (χ1) is 18.1. The molecule has 0 aromatic heterocycles. The summed E-state index contributed by atoms with van der Waals surface area (Å²) in [4.78, 5) is 27.6. The zero-order valence-corrected chi connectivity index (χ0v) is 20.7. The van der Waals surface area contributed by atoms with Crippen LogP contribution < -0.4 is 4.74 Å². The normalized spacial score (nSPS) is 15.8. The first kappa shape index (κ1) is 24.3. The van der Waals surface area contributed by atoms with E-state index >= 15 is 0 Å². The van der Waals surface area contributed by atoms with Gasteiger partial charge in [0.25, 0.3) is 0 Å². The quantitative estimate of drug-likeness (QED) is 0.271. The van der Waals surface area contributed by atoms with Gasteiger partial charge in [-0.25, -0.2) is 9.69 Å². The minimum absolute atomic E-state index is 0.130. The highest BCUT2D eigenvalue weighted by molar-refractivity contribution is 5.94. The number of carbonyl (C=O) groups is 2. The first-order valence-corrected chi connectivity index (χ1v) is 12.5. The summed E-state index contributed by atoms with van der Waals surface area (Å²) in [5.41, 5.74) is 5.01. The molecule has 1 saturated heterocycles. The van der Waals surface area contributed by atoms with Gasteiger partial charge in [0.05, 0.1) is 0 Å². The minimum atomic E-state index is -0.595. The average Bonchev–Trinajstić information content (AvgIpc) is 3.34. The molecule has 1 fully saturated rings. The molecule has 2 atom stereocenters. The molecule has 4 aromatic rings. The monoisotopic (exact) mass is 491 g/mol. The van der Waals surface area contributed by atoms with Crippen LogP contribution in [0, 0.1) is 6.92 Å². The molecule has 1 aliphatic rings. The summed E-state index contributed by atoms with van der Waals surface area (Å²) >= 11 is 0. The molecule has 5 rings (SSSR count). The number of benzene rings is 4.